The van der Waals surface area contributed by atoms with Crippen LogP contribution in [0, 0.1) is 5.92 Å². The van der Waals surface area contributed by atoms with Gasteiger partial charge in [0.1, 0.15) is 31.0 Å². The fourth-order valence-electron chi connectivity index (χ4n) is 4.03. The third kappa shape index (κ3) is 8.22. The van der Waals surface area contributed by atoms with Crippen molar-refractivity contribution in [2.24, 2.45) is 5.92 Å². The molecule has 1 saturated heterocycles. The number of allylic oxidation sites excluding steroid dienone is 2. The van der Waals surface area contributed by atoms with Crippen LogP contribution in [-0.4, -0.2) is 86.0 Å². The summed E-state index contributed by atoms with van der Waals surface area (Å²) in [5.74, 6) is -1.40. The van der Waals surface area contributed by atoms with Crippen LogP contribution in [0.3, 0.4) is 0 Å². The summed E-state index contributed by atoms with van der Waals surface area (Å²) < 4.78 is 15.9. The van der Waals surface area contributed by atoms with Crippen LogP contribution in [0.5, 0.6) is 0 Å². The van der Waals surface area contributed by atoms with Gasteiger partial charge in [-0.15, -0.1) is 6.58 Å². The lowest BCUT2D eigenvalue weighted by molar-refractivity contribution is -0.292. The summed E-state index contributed by atoms with van der Waals surface area (Å²) in [6.07, 6.45) is -0.901. The number of hydrogen-bond acceptors (Lipinski definition) is 10. The van der Waals surface area contributed by atoms with Crippen LogP contribution < -0.4 is 0 Å². The molecular weight excluding hydrogens is 472 g/mol. The Bertz CT molecular complexity index is 853. The molecule has 0 aromatic rings. The van der Waals surface area contributed by atoms with Crippen molar-refractivity contribution in [2.45, 2.75) is 102 Å². The Labute approximate surface area is 211 Å². The highest BCUT2D eigenvalue weighted by molar-refractivity contribution is 5.88. The van der Waals surface area contributed by atoms with E-state index in [9.17, 15) is 35.1 Å². The van der Waals surface area contributed by atoms with Crippen LogP contribution in [-0.2, 0) is 23.8 Å². The first kappa shape index (κ1) is 30.1. The Balaban J connectivity index is 1.94. The van der Waals surface area contributed by atoms with Gasteiger partial charge in [-0.2, -0.15) is 0 Å². The Hall–Kier alpha value is -2.08. The quantitative estimate of drug-likeness (QED) is 0.162. The Kier molecular flexibility index (Phi) is 10.4. The summed E-state index contributed by atoms with van der Waals surface area (Å²) in [4.78, 5) is 24.9. The van der Waals surface area contributed by atoms with Gasteiger partial charge in [0.05, 0.1) is 11.2 Å². The number of rotatable bonds is 10. The molecule has 1 aliphatic heterocycles. The minimum Gasteiger partial charge on any atom is -0.459 e. The summed E-state index contributed by atoms with van der Waals surface area (Å²) >= 11 is 0. The highest BCUT2D eigenvalue weighted by Gasteiger charge is 2.46. The number of aliphatic hydroxyl groups excluding tert-OH is 3. The lowest BCUT2D eigenvalue weighted by Crippen LogP contribution is -2.59. The maximum absolute atomic E-state index is 12.5. The minimum absolute atomic E-state index is 0.0253. The zero-order valence-corrected chi connectivity index (χ0v) is 21.4. The molecule has 204 valence electrons. The molecule has 36 heavy (non-hydrogen) atoms. The van der Waals surface area contributed by atoms with Crippen molar-refractivity contribution in [3.63, 3.8) is 0 Å². The molecule has 0 unspecified atom stereocenters. The molecule has 2 aliphatic rings. The largest absolute Gasteiger partial charge is 0.459 e. The zero-order chi connectivity index (χ0) is 27.3. The van der Waals surface area contributed by atoms with Gasteiger partial charge in [0.25, 0.3) is 0 Å². The molecule has 0 bridgehead atoms. The van der Waals surface area contributed by atoms with Crippen LogP contribution in [0.25, 0.3) is 0 Å². The van der Waals surface area contributed by atoms with Crippen molar-refractivity contribution in [2.75, 3.05) is 6.61 Å². The maximum Gasteiger partial charge on any atom is 0.335 e. The third-order valence-corrected chi connectivity index (χ3v) is 6.81. The van der Waals surface area contributed by atoms with Gasteiger partial charge in [-0.1, -0.05) is 18.2 Å². The summed E-state index contributed by atoms with van der Waals surface area (Å²) in [5.41, 5.74) is -1.30. The van der Waals surface area contributed by atoms with Gasteiger partial charge in [-0.3, -0.25) is 0 Å². The summed E-state index contributed by atoms with van der Waals surface area (Å²) in [6.45, 7) is 9.64. The SMILES string of the molecule is C=C[C@@](C)(O)CC/C=C(\C)C(=O)O[C@@H]1O[C@H](COC(=O)C2=CC[C@H](C(C)(C)O)CC2)[C@@H](O)[C@H](O)[C@H]1O. The standard InChI is InChI=1S/C26H40O10/c1-6-26(5,33)13-7-8-15(2)22(30)36-24-21(29)20(28)19(27)18(35-24)14-34-23(31)16-9-11-17(12-10-16)25(3,4)32/h6,8-9,17-21,24,27-29,32-33H,1,7,10-14H2,2-5H3/b15-8+/t17-,18+,19+,20-,21+,24-,26+/m0/s1. The van der Waals surface area contributed by atoms with Crippen LogP contribution in [0.4, 0.5) is 0 Å². The van der Waals surface area contributed by atoms with Crippen LogP contribution in [0.15, 0.2) is 36.0 Å². The minimum atomic E-state index is -1.72. The van der Waals surface area contributed by atoms with Crippen molar-refractivity contribution < 1.29 is 49.3 Å². The van der Waals surface area contributed by atoms with Gasteiger partial charge in [0.15, 0.2) is 0 Å². The number of ether oxygens (including phenoxy) is 3. The molecule has 1 aliphatic carbocycles. The average molecular weight is 513 g/mol. The van der Waals surface area contributed by atoms with E-state index in [0.717, 1.165) is 0 Å². The number of carbonyl (C=O) groups is 2. The fraction of sp³-hybridized carbons (Fsp3) is 0.692. The lowest BCUT2D eigenvalue weighted by atomic mass is 9.79. The molecule has 1 fully saturated rings. The van der Waals surface area contributed by atoms with Crippen LogP contribution in [0.2, 0.25) is 0 Å². The van der Waals surface area contributed by atoms with E-state index < -0.39 is 60.5 Å². The topological polar surface area (TPSA) is 163 Å². The van der Waals surface area contributed by atoms with Crippen molar-refractivity contribution in [1.29, 1.82) is 0 Å². The van der Waals surface area contributed by atoms with E-state index in [1.807, 2.05) is 0 Å². The van der Waals surface area contributed by atoms with E-state index in [-0.39, 0.29) is 11.5 Å². The van der Waals surface area contributed by atoms with Crippen molar-refractivity contribution in [3.8, 4) is 0 Å². The number of esters is 2. The van der Waals surface area contributed by atoms with Crippen molar-refractivity contribution in [1.82, 2.24) is 0 Å². The Morgan fingerprint density at radius 1 is 1.17 bits per heavy atom. The predicted molar refractivity (Wildman–Crippen MR) is 129 cm³/mol. The molecule has 0 spiro atoms. The van der Waals surface area contributed by atoms with Crippen LogP contribution in [0.1, 0.15) is 59.8 Å². The zero-order valence-electron chi connectivity index (χ0n) is 21.4. The molecule has 10 heteroatoms. The molecule has 10 nitrogen and oxygen atoms in total. The highest BCUT2D eigenvalue weighted by atomic mass is 16.7. The molecule has 0 aromatic heterocycles. The lowest BCUT2D eigenvalue weighted by Gasteiger charge is -2.39. The number of hydrogen-bond donors (Lipinski definition) is 5. The third-order valence-electron chi connectivity index (χ3n) is 6.81. The van der Waals surface area contributed by atoms with E-state index in [0.29, 0.717) is 37.7 Å². The molecule has 0 radical (unpaired) electrons. The van der Waals surface area contributed by atoms with E-state index in [1.165, 1.54) is 13.0 Å². The van der Waals surface area contributed by atoms with Gasteiger partial charge in [0, 0.05) is 11.1 Å². The molecule has 0 saturated carbocycles. The normalized spacial score (nSPS) is 31.1. The highest BCUT2D eigenvalue weighted by Crippen LogP contribution is 2.32. The van der Waals surface area contributed by atoms with Gasteiger partial charge in [0.2, 0.25) is 6.29 Å². The maximum atomic E-state index is 12.5. The number of aliphatic hydroxyl groups is 5. The van der Waals surface area contributed by atoms with Gasteiger partial charge < -0.3 is 39.7 Å². The van der Waals surface area contributed by atoms with Gasteiger partial charge in [-0.05, 0) is 65.7 Å². The smallest absolute Gasteiger partial charge is 0.335 e. The molecular formula is C26H40O10. The monoisotopic (exact) mass is 512 g/mol. The molecule has 2 rings (SSSR count). The van der Waals surface area contributed by atoms with E-state index in [1.54, 1.807) is 32.9 Å². The van der Waals surface area contributed by atoms with Gasteiger partial charge >= 0.3 is 11.9 Å². The summed E-state index contributed by atoms with van der Waals surface area (Å²) in [6, 6.07) is 0. The molecule has 1 heterocycles. The summed E-state index contributed by atoms with van der Waals surface area (Å²) in [5, 5.41) is 50.8. The first-order valence-electron chi connectivity index (χ1n) is 12.2. The molecule has 0 aromatic carbocycles. The van der Waals surface area contributed by atoms with Crippen molar-refractivity contribution >= 4 is 11.9 Å². The molecule has 5 N–H and O–H groups in total. The predicted octanol–water partition coefficient (Wildman–Crippen LogP) is 1.04. The van der Waals surface area contributed by atoms with E-state index in [4.69, 9.17) is 14.2 Å². The first-order chi connectivity index (χ1) is 16.7. The second-order valence-corrected chi connectivity index (χ2v) is 10.4. The number of carbonyl (C=O) groups excluding carboxylic acids is 2. The Morgan fingerprint density at radius 2 is 1.83 bits per heavy atom. The van der Waals surface area contributed by atoms with E-state index >= 15 is 0 Å². The fourth-order valence-corrected chi connectivity index (χ4v) is 4.03. The average Bonchev–Trinajstić information content (AvgIpc) is 2.82. The van der Waals surface area contributed by atoms with Gasteiger partial charge in [-0.25, -0.2) is 9.59 Å². The molecule has 7 atom stereocenters. The van der Waals surface area contributed by atoms with Crippen LogP contribution >= 0.6 is 0 Å². The first-order valence-corrected chi connectivity index (χ1v) is 12.2. The van der Waals surface area contributed by atoms with Crippen molar-refractivity contribution in [3.05, 3.63) is 36.0 Å². The second kappa shape index (κ2) is 12.4. The second-order valence-electron chi connectivity index (χ2n) is 10.4. The Morgan fingerprint density at radius 3 is 2.39 bits per heavy atom. The summed E-state index contributed by atoms with van der Waals surface area (Å²) in [7, 11) is 0. The molecule has 0 amide bonds. The van der Waals surface area contributed by atoms with E-state index in [2.05, 4.69) is 6.58 Å².